The van der Waals surface area contributed by atoms with E-state index in [0.29, 0.717) is 5.92 Å². The highest BCUT2D eigenvalue weighted by Crippen LogP contribution is 2.19. The van der Waals surface area contributed by atoms with Crippen LogP contribution < -0.4 is 0 Å². The maximum atomic E-state index is 8.97. The lowest BCUT2D eigenvalue weighted by Crippen LogP contribution is -2.40. The van der Waals surface area contributed by atoms with Gasteiger partial charge >= 0.3 is 0 Å². The second-order valence-electron chi connectivity index (χ2n) is 4.81. The van der Waals surface area contributed by atoms with E-state index in [1.54, 1.807) is 0 Å². The van der Waals surface area contributed by atoms with Crippen LogP contribution in [0.1, 0.15) is 25.3 Å². The van der Waals surface area contributed by atoms with E-state index >= 15 is 0 Å². The first-order valence-corrected chi connectivity index (χ1v) is 7.48. The van der Waals surface area contributed by atoms with Gasteiger partial charge in [0.05, 0.1) is 5.71 Å². The van der Waals surface area contributed by atoms with Gasteiger partial charge < -0.3 is 5.21 Å². The fraction of sp³-hybridized carbons (Fsp3) is 0.500. The molecule has 1 fully saturated rings. The Labute approximate surface area is 122 Å². The van der Waals surface area contributed by atoms with Crippen LogP contribution in [-0.4, -0.2) is 28.9 Å². The van der Waals surface area contributed by atoms with Gasteiger partial charge in [0, 0.05) is 35.5 Å². The Hall–Kier alpha value is -0.620. The molecule has 0 spiro atoms. The standard InChI is InChI=1S/C14H19IN2O/c1-2-12-10-17(8-7-14(12)16-18)9-11-3-5-13(15)6-4-11/h3-6,12,18H,2,7-10H2,1H3/b16-14+. The van der Waals surface area contributed by atoms with Gasteiger partial charge in [-0.05, 0) is 46.7 Å². The Balaban J connectivity index is 1.97. The van der Waals surface area contributed by atoms with Gasteiger partial charge in [0.1, 0.15) is 0 Å². The van der Waals surface area contributed by atoms with Gasteiger partial charge in [0.2, 0.25) is 0 Å². The Kier molecular flexibility index (Phi) is 5.00. The third-order valence-corrected chi connectivity index (χ3v) is 4.29. The van der Waals surface area contributed by atoms with Crippen LogP contribution in [0.2, 0.25) is 0 Å². The number of oxime groups is 1. The van der Waals surface area contributed by atoms with E-state index in [-0.39, 0.29) is 0 Å². The van der Waals surface area contributed by atoms with Crippen LogP contribution in [0.5, 0.6) is 0 Å². The Morgan fingerprint density at radius 3 is 2.72 bits per heavy atom. The van der Waals surface area contributed by atoms with Gasteiger partial charge in [-0.1, -0.05) is 24.2 Å². The first-order chi connectivity index (χ1) is 8.72. The van der Waals surface area contributed by atoms with Gasteiger partial charge in [0.15, 0.2) is 0 Å². The molecule has 0 amide bonds. The van der Waals surface area contributed by atoms with Crippen LogP contribution in [0, 0.1) is 9.49 Å². The minimum absolute atomic E-state index is 0.410. The summed E-state index contributed by atoms with van der Waals surface area (Å²) >= 11 is 2.33. The summed E-state index contributed by atoms with van der Waals surface area (Å²) in [5.41, 5.74) is 2.33. The molecule has 0 saturated carbocycles. The molecule has 1 heterocycles. The number of rotatable bonds is 3. The third-order valence-electron chi connectivity index (χ3n) is 3.57. The summed E-state index contributed by atoms with van der Waals surface area (Å²) in [5, 5.41) is 12.4. The lowest BCUT2D eigenvalue weighted by molar-refractivity contribution is 0.220. The van der Waals surface area contributed by atoms with E-state index in [0.717, 1.165) is 38.2 Å². The molecule has 1 aliphatic heterocycles. The predicted octanol–water partition coefficient (Wildman–Crippen LogP) is 3.35. The lowest BCUT2D eigenvalue weighted by atomic mass is 9.93. The number of halogens is 1. The molecule has 1 aliphatic rings. The number of hydrogen-bond acceptors (Lipinski definition) is 3. The fourth-order valence-electron chi connectivity index (χ4n) is 2.47. The van der Waals surface area contributed by atoms with Crippen molar-refractivity contribution in [1.29, 1.82) is 0 Å². The Morgan fingerprint density at radius 2 is 2.11 bits per heavy atom. The zero-order valence-corrected chi connectivity index (χ0v) is 12.8. The minimum Gasteiger partial charge on any atom is -0.411 e. The molecule has 1 N–H and O–H groups in total. The second-order valence-corrected chi connectivity index (χ2v) is 6.05. The van der Waals surface area contributed by atoms with E-state index in [1.165, 1.54) is 9.13 Å². The number of nitrogens with zero attached hydrogens (tertiary/aromatic N) is 2. The van der Waals surface area contributed by atoms with Crippen molar-refractivity contribution in [2.45, 2.75) is 26.3 Å². The molecule has 98 valence electrons. The van der Waals surface area contributed by atoms with Crippen molar-refractivity contribution in [3.8, 4) is 0 Å². The second kappa shape index (κ2) is 6.52. The molecule has 0 aromatic heterocycles. The number of hydrogen-bond donors (Lipinski definition) is 1. The summed E-state index contributed by atoms with van der Waals surface area (Å²) in [6.45, 7) is 5.14. The van der Waals surface area contributed by atoms with Gasteiger partial charge in [-0.3, -0.25) is 4.90 Å². The highest BCUT2D eigenvalue weighted by molar-refractivity contribution is 14.1. The molecule has 1 saturated heterocycles. The largest absolute Gasteiger partial charge is 0.411 e. The van der Waals surface area contributed by atoms with Crippen molar-refractivity contribution in [3.63, 3.8) is 0 Å². The maximum Gasteiger partial charge on any atom is 0.0627 e. The SMILES string of the molecule is CCC1CN(Cc2ccc(I)cc2)CC/C1=N\O. The molecular weight excluding hydrogens is 339 g/mol. The first kappa shape index (κ1) is 13.8. The predicted molar refractivity (Wildman–Crippen MR) is 82.1 cm³/mol. The molecule has 0 aliphatic carbocycles. The average Bonchev–Trinajstić information content (AvgIpc) is 2.41. The van der Waals surface area contributed by atoms with Crippen LogP contribution in [-0.2, 0) is 6.54 Å². The van der Waals surface area contributed by atoms with E-state index in [2.05, 4.69) is 63.8 Å². The van der Waals surface area contributed by atoms with E-state index in [4.69, 9.17) is 5.21 Å². The lowest BCUT2D eigenvalue weighted by Gasteiger charge is -2.32. The molecular formula is C14H19IN2O. The van der Waals surface area contributed by atoms with Gasteiger partial charge in [-0.2, -0.15) is 0 Å². The van der Waals surface area contributed by atoms with Gasteiger partial charge in [0.25, 0.3) is 0 Å². The summed E-state index contributed by atoms with van der Waals surface area (Å²) in [6.07, 6.45) is 1.93. The number of benzene rings is 1. The molecule has 1 atom stereocenters. The molecule has 1 aromatic rings. The average molecular weight is 358 g/mol. The normalized spacial score (nSPS) is 23.4. The van der Waals surface area contributed by atoms with Crippen LogP contribution in [0.4, 0.5) is 0 Å². The highest BCUT2D eigenvalue weighted by atomic mass is 127. The first-order valence-electron chi connectivity index (χ1n) is 6.40. The zero-order valence-electron chi connectivity index (χ0n) is 10.6. The van der Waals surface area contributed by atoms with E-state index in [1.807, 2.05) is 0 Å². The third kappa shape index (κ3) is 3.45. The smallest absolute Gasteiger partial charge is 0.0627 e. The Bertz CT molecular complexity index is 416. The van der Waals surface area contributed by atoms with Crippen molar-refractivity contribution < 1.29 is 5.21 Å². The van der Waals surface area contributed by atoms with Crippen molar-refractivity contribution in [1.82, 2.24) is 4.90 Å². The molecule has 0 bridgehead atoms. The van der Waals surface area contributed by atoms with E-state index in [9.17, 15) is 0 Å². The maximum absolute atomic E-state index is 8.97. The summed E-state index contributed by atoms with van der Waals surface area (Å²) in [6, 6.07) is 8.69. The highest BCUT2D eigenvalue weighted by Gasteiger charge is 2.24. The molecule has 2 rings (SSSR count). The summed E-state index contributed by atoms with van der Waals surface area (Å²) in [7, 11) is 0. The summed E-state index contributed by atoms with van der Waals surface area (Å²) in [4.78, 5) is 2.45. The molecule has 3 nitrogen and oxygen atoms in total. The van der Waals surface area contributed by atoms with Crippen molar-refractivity contribution in [3.05, 3.63) is 33.4 Å². The number of piperidine rings is 1. The van der Waals surface area contributed by atoms with Crippen LogP contribution in [0.15, 0.2) is 29.4 Å². The van der Waals surface area contributed by atoms with Gasteiger partial charge in [-0.15, -0.1) is 0 Å². The molecule has 1 unspecified atom stereocenters. The van der Waals surface area contributed by atoms with Crippen molar-refractivity contribution in [2.24, 2.45) is 11.1 Å². The summed E-state index contributed by atoms with van der Waals surface area (Å²) < 4.78 is 1.27. The van der Waals surface area contributed by atoms with Crippen LogP contribution in [0.3, 0.4) is 0 Å². The van der Waals surface area contributed by atoms with Gasteiger partial charge in [-0.25, -0.2) is 0 Å². The van der Waals surface area contributed by atoms with Crippen LogP contribution in [0.25, 0.3) is 0 Å². The molecule has 4 heteroatoms. The topological polar surface area (TPSA) is 35.8 Å². The number of likely N-dealkylation sites (tertiary alicyclic amines) is 1. The monoisotopic (exact) mass is 358 g/mol. The van der Waals surface area contributed by atoms with Crippen molar-refractivity contribution >= 4 is 28.3 Å². The molecule has 1 aromatic carbocycles. The fourth-order valence-corrected chi connectivity index (χ4v) is 2.83. The minimum atomic E-state index is 0.410. The Morgan fingerprint density at radius 1 is 1.39 bits per heavy atom. The van der Waals surface area contributed by atoms with E-state index < -0.39 is 0 Å². The summed E-state index contributed by atoms with van der Waals surface area (Å²) in [5.74, 6) is 0.410. The molecule has 0 radical (unpaired) electrons. The zero-order chi connectivity index (χ0) is 13.0. The van der Waals surface area contributed by atoms with Crippen molar-refractivity contribution in [2.75, 3.05) is 13.1 Å². The molecule has 18 heavy (non-hydrogen) atoms. The quantitative estimate of drug-likeness (QED) is 0.511. The van der Waals surface area contributed by atoms with Crippen LogP contribution >= 0.6 is 22.6 Å².